The van der Waals surface area contributed by atoms with Crippen molar-refractivity contribution in [3.63, 3.8) is 0 Å². The highest BCUT2D eigenvalue weighted by Crippen LogP contribution is 2.26. The van der Waals surface area contributed by atoms with Gasteiger partial charge in [-0.3, -0.25) is 4.79 Å². The maximum Gasteiger partial charge on any atom is 0.200 e. The molecule has 30 heavy (non-hydrogen) atoms. The summed E-state index contributed by atoms with van der Waals surface area (Å²) in [7, 11) is 0. The van der Waals surface area contributed by atoms with Crippen molar-refractivity contribution in [2.24, 2.45) is 0 Å². The van der Waals surface area contributed by atoms with Crippen LogP contribution in [0.2, 0.25) is 0 Å². The molecule has 0 radical (unpaired) electrons. The summed E-state index contributed by atoms with van der Waals surface area (Å²) < 4.78 is 17.5. The van der Waals surface area contributed by atoms with Gasteiger partial charge in [0.05, 0.1) is 24.2 Å². The van der Waals surface area contributed by atoms with Gasteiger partial charge < -0.3 is 13.9 Å². The van der Waals surface area contributed by atoms with Crippen LogP contribution in [0.15, 0.2) is 82.0 Å². The van der Waals surface area contributed by atoms with Crippen LogP contribution in [0.25, 0.3) is 22.1 Å². The van der Waals surface area contributed by atoms with Crippen molar-refractivity contribution in [2.45, 2.75) is 20.3 Å². The van der Waals surface area contributed by atoms with Gasteiger partial charge in [0.25, 0.3) is 0 Å². The van der Waals surface area contributed by atoms with Crippen LogP contribution in [0.4, 0.5) is 0 Å². The highest BCUT2D eigenvalue weighted by Gasteiger charge is 2.13. The molecular formula is C26H24O4. The lowest BCUT2D eigenvalue weighted by Crippen LogP contribution is -2.08. The summed E-state index contributed by atoms with van der Waals surface area (Å²) in [5.74, 6) is 2.14. The third-order valence-corrected chi connectivity index (χ3v) is 4.92. The minimum atomic E-state index is -0.0296. The number of hydrogen-bond donors (Lipinski definition) is 0. The third-order valence-electron chi connectivity index (χ3n) is 4.92. The van der Waals surface area contributed by atoms with E-state index in [0.717, 1.165) is 17.7 Å². The van der Waals surface area contributed by atoms with Gasteiger partial charge in [0.1, 0.15) is 22.8 Å². The molecule has 0 N–H and O–H groups in total. The molecule has 0 amide bonds. The van der Waals surface area contributed by atoms with Crippen LogP contribution in [0.3, 0.4) is 0 Å². The van der Waals surface area contributed by atoms with Crippen molar-refractivity contribution < 1.29 is 13.9 Å². The Labute approximate surface area is 175 Å². The minimum absolute atomic E-state index is 0.0296. The first kappa shape index (κ1) is 19.8. The van der Waals surface area contributed by atoms with Crippen LogP contribution in [0.1, 0.15) is 17.7 Å². The van der Waals surface area contributed by atoms with E-state index in [-0.39, 0.29) is 5.43 Å². The second-order valence-corrected chi connectivity index (χ2v) is 7.25. The molecule has 4 aromatic rings. The molecule has 0 aliphatic carbocycles. The molecule has 0 atom stereocenters. The van der Waals surface area contributed by atoms with E-state index >= 15 is 0 Å². The van der Waals surface area contributed by atoms with Crippen LogP contribution in [0.5, 0.6) is 11.5 Å². The molecular weight excluding hydrogens is 376 g/mol. The maximum atomic E-state index is 13.0. The number of aryl methyl sites for hydroxylation is 2. The summed E-state index contributed by atoms with van der Waals surface area (Å²) in [5.41, 5.74) is 3.14. The molecule has 4 rings (SSSR count). The van der Waals surface area contributed by atoms with Crippen molar-refractivity contribution in [3.8, 4) is 22.6 Å². The molecule has 152 valence electrons. The predicted octanol–water partition coefficient (Wildman–Crippen LogP) is 5.92. The smallest absolute Gasteiger partial charge is 0.200 e. The number of fused-ring (bicyclic) bond motifs is 1. The molecule has 0 saturated heterocycles. The van der Waals surface area contributed by atoms with E-state index in [2.05, 4.69) is 0 Å². The largest absolute Gasteiger partial charge is 0.493 e. The number of benzene rings is 3. The van der Waals surface area contributed by atoms with E-state index in [1.54, 1.807) is 12.1 Å². The summed E-state index contributed by atoms with van der Waals surface area (Å²) in [6, 6.07) is 22.9. The molecule has 1 aromatic heterocycles. The average Bonchev–Trinajstić information content (AvgIpc) is 2.74. The first-order valence-corrected chi connectivity index (χ1v) is 10.1. The summed E-state index contributed by atoms with van der Waals surface area (Å²) in [6.07, 6.45) is 0.752. The Morgan fingerprint density at radius 2 is 1.53 bits per heavy atom. The highest BCUT2D eigenvalue weighted by molar-refractivity contribution is 5.83. The van der Waals surface area contributed by atoms with Gasteiger partial charge in [-0.2, -0.15) is 0 Å². The number of ether oxygens (including phenoxy) is 2. The van der Waals surface area contributed by atoms with Gasteiger partial charge >= 0.3 is 0 Å². The molecule has 0 unspecified atom stereocenters. The molecule has 0 aliphatic heterocycles. The number of rotatable bonds is 7. The molecule has 0 spiro atoms. The predicted molar refractivity (Wildman–Crippen MR) is 119 cm³/mol. The summed E-state index contributed by atoms with van der Waals surface area (Å²) in [5, 5.41) is 0.551. The Balaban J connectivity index is 1.43. The molecule has 3 aromatic carbocycles. The van der Waals surface area contributed by atoms with E-state index in [0.29, 0.717) is 41.3 Å². The molecule has 1 heterocycles. The number of hydrogen-bond acceptors (Lipinski definition) is 4. The zero-order valence-corrected chi connectivity index (χ0v) is 17.2. The van der Waals surface area contributed by atoms with Crippen molar-refractivity contribution in [2.75, 3.05) is 13.2 Å². The quantitative estimate of drug-likeness (QED) is 0.361. The maximum absolute atomic E-state index is 13.0. The SMILES string of the molecule is Cc1cccc(OCCCOc2ccc3c(=O)c(-c4ccccc4)c(C)oc3c2)c1. The lowest BCUT2D eigenvalue weighted by molar-refractivity contribution is 0.247. The average molecular weight is 400 g/mol. The Morgan fingerprint density at radius 1 is 0.800 bits per heavy atom. The van der Waals surface area contributed by atoms with Crippen molar-refractivity contribution >= 4 is 11.0 Å². The van der Waals surface area contributed by atoms with Crippen molar-refractivity contribution in [1.29, 1.82) is 0 Å². The molecule has 0 bridgehead atoms. The van der Waals surface area contributed by atoms with Crippen molar-refractivity contribution in [1.82, 2.24) is 0 Å². The Bertz CT molecular complexity index is 1210. The minimum Gasteiger partial charge on any atom is -0.493 e. The molecule has 0 aliphatic rings. The topological polar surface area (TPSA) is 48.7 Å². The molecule has 4 nitrogen and oxygen atoms in total. The monoisotopic (exact) mass is 400 g/mol. The second-order valence-electron chi connectivity index (χ2n) is 7.25. The highest BCUT2D eigenvalue weighted by atomic mass is 16.5. The fourth-order valence-corrected chi connectivity index (χ4v) is 3.46. The van der Waals surface area contributed by atoms with Crippen molar-refractivity contribution in [3.05, 3.63) is 94.3 Å². The van der Waals surface area contributed by atoms with Crippen LogP contribution in [-0.2, 0) is 0 Å². The fourth-order valence-electron chi connectivity index (χ4n) is 3.46. The fraction of sp³-hybridized carbons (Fsp3) is 0.192. The van der Waals surface area contributed by atoms with Gasteiger partial charge in [-0.05, 0) is 49.2 Å². The van der Waals surface area contributed by atoms with E-state index < -0.39 is 0 Å². The van der Waals surface area contributed by atoms with Gasteiger partial charge in [-0.1, -0.05) is 42.5 Å². The summed E-state index contributed by atoms with van der Waals surface area (Å²) >= 11 is 0. The second kappa shape index (κ2) is 8.87. The van der Waals surface area contributed by atoms with Crippen LogP contribution in [-0.4, -0.2) is 13.2 Å². The van der Waals surface area contributed by atoms with Gasteiger partial charge in [0.15, 0.2) is 0 Å². The van der Waals surface area contributed by atoms with Crippen LogP contribution < -0.4 is 14.9 Å². The zero-order chi connectivity index (χ0) is 20.9. The third kappa shape index (κ3) is 4.38. The standard InChI is InChI=1S/C26H24O4/c1-18-8-6-11-21(16-18)28-14-7-15-29-22-12-13-23-24(17-22)30-19(2)25(26(23)27)20-9-4-3-5-10-20/h3-6,8-13,16-17H,7,14-15H2,1-2H3. The van der Waals surface area contributed by atoms with Gasteiger partial charge in [0.2, 0.25) is 5.43 Å². The Hall–Kier alpha value is -3.53. The van der Waals surface area contributed by atoms with E-state index in [1.807, 2.05) is 74.5 Å². The first-order chi connectivity index (χ1) is 14.6. The molecule has 4 heteroatoms. The Morgan fingerprint density at radius 3 is 2.27 bits per heavy atom. The normalized spacial score (nSPS) is 10.9. The Kier molecular flexibility index (Phi) is 5.84. The van der Waals surface area contributed by atoms with Gasteiger partial charge in [-0.25, -0.2) is 0 Å². The van der Waals surface area contributed by atoms with Gasteiger partial charge in [0, 0.05) is 12.5 Å². The van der Waals surface area contributed by atoms with E-state index in [4.69, 9.17) is 13.9 Å². The lowest BCUT2D eigenvalue weighted by atomic mass is 10.0. The first-order valence-electron chi connectivity index (χ1n) is 10.1. The summed E-state index contributed by atoms with van der Waals surface area (Å²) in [4.78, 5) is 13.0. The zero-order valence-electron chi connectivity index (χ0n) is 17.2. The lowest BCUT2D eigenvalue weighted by Gasteiger charge is -2.10. The summed E-state index contributed by atoms with van der Waals surface area (Å²) in [6.45, 7) is 4.95. The van der Waals surface area contributed by atoms with E-state index in [1.165, 1.54) is 5.56 Å². The molecule has 0 fully saturated rings. The van der Waals surface area contributed by atoms with Gasteiger partial charge in [-0.15, -0.1) is 0 Å². The van der Waals surface area contributed by atoms with Crippen LogP contribution >= 0.6 is 0 Å². The molecule has 0 saturated carbocycles. The van der Waals surface area contributed by atoms with E-state index in [9.17, 15) is 4.79 Å². The van der Waals surface area contributed by atoms with Crippen LogP contribution in [0, 0.1) is 13.8 Å².